The molecule has 0 unspecified atom stereocenters. The highest BCUT2D eigenvalue weighted by Crippen LogP contribution is 2.49. The van der Waals surface area contributed by atoms with Crippen LogP contribution in [0, 0.1) is 19.8 Å². The number of aryl methyl sites for hydroxylation is 1. The SMILES string of the molecule is Cc1cc(C(=O)C2C(=O)CCCC2=O)c(C)c2c1S(=O)(=O)CC1=C2SCCS1. The van der Waals surface area contributed by atoms with Crippen LogP contribution in [0.15, 0.2) is 15.9 Å². The van der Waals surface area contributed by atoms with Crippen LogP contribution >= 0.6 is 23.5 Å². The first-order valence-electron chi connectivity index (χ1n) is 9.18. The smallest absolute Gasteiger partial charge is 0.183 e. The number of sulfone groups is 1. The zero-order valence-corrected chi connectivity index (χ0v) is 18.1. The van der Waals surface area contributed by atoms with Crippen molar-refractivity contribution in [3.63, 3.8) is 0 Å². The predicted octanol–water partition coefficient (Wildman–Crippen LogP) is 3.36. The van der Waals surface area contributed by atoms with Crippen molar-refractivity contribution in [1.82, 2.24) is 0 Å². The van der Waals surface area contributed by atoms with Gasteiger partial charge in [-0.3, -0.25) is 14.4 Å². The second kappa shape index (κ2) is 7.15. The van der Waals surface area contributed by atoms with Gasteiger partial charge in [0.25, 0.3) is 0 Å². The molecule has 0 spiro atoms. The predicted molar refractivity (Wildman–Crippen MR) is 111 cm³/mol. The summed E-state index contributed by atoms with van der Waals surface area (Å²) in [5.74, 6) is -0.656. The largest absolute Gasteiger partial charge is 0.298 e. The minimum Gasteiger partial charge on any atom is -0.298 e. The van der Waals surface area contributed by atoms with Crippen LogP contribution in [-0.2, 0) is 19.4 Å². The molecule has 2 heterocycles. The first kappa shape index (κ1) is 19.9. The summed E-state index contributed by atoms with van der Waals surface area (Å²) in [6.45, 7) is 3.41. The molecule has 1 aromatic rings. The van der Waals surface area contributed by atoms with Gasteiger partial charge in [0.2, 0.25) is 0 Å². The third-order valence-electron chi connectivity index (χ3n) is 5.46. The van der Waals surface area contributed by atoms with Crippen LogP contribution in [0.3, 0.4) is 0 Å². The standard InChI is InChI=1S/C20H20O5S3/c1-10-8-12(18(23)17-13(21)4-3-5-14(17)22)11(2)16-19-15(26-6-7-27-19)9-28(24,25)20(10)16/h8,17H,3-7,9H2,1-2H3. The van der Waals surface area contributed by atoms with Crippen molar-refractivity contribution in [2.75, 3.05) is 17.3 Å². The molecule has 1 aromatic carbocycles. The summed E-state index contributed by atoms with van der Waals surface area (Å²) in [4.78, 5) is 39.8. The molecule has 0 radical (unpaired) electrons. The highest BCUT2D eigenvalue weighted by molar-refractivity contribution is 8.14. The van der Waals surface area contributed by atoms with Crippen molar-refractivity contribution >= 4 is 55.6 Å². The van der Waals surface area contributed by atoms with Gasteiger partial charge in [-0.15, -0.1) is 23.5 Å². The molecule has 0 amide bonds. The maximum atomic E-state index is 13.2. The lowest BCUT2D eigenvalue weighted by Crippen LogP contribution is -2.36. The van der Waals surface area contributed by atoms with Gasteiger partial charge in [0.1, 0.15) is 5.92 Å². The minimum atomic E-state index is -3.49. The zero-order chi connectivity index (χ0) is 20.2. The number of carbonyl (C=O) groups excluding carboxylic acids is 3. The summed E-state index contributed by atoms with van der Waals surface area (Å²) >= 11 is 3.18. The van der Waals surface area contributed by atoms with E-state index in [4.69, 9.17) is 0 Å². The van der Waals surface area contributed by atoms with E-state index in [9.17, 15) is 22.8 Å². The Hall–Kier alpha value is -1.38. The van der Waals surface area contributed by atoms with Crippen molar-refractivity contribution in [2.24, 2.45) is 5.92 Å². The van der Waals surface area contributed by atoms with Crippen molar-refractivity contribution in [2.45, 2.75) is 38.0 Å². The summed E-state index contributed by atoms with van der Waals surface area (Å²) in [6.07, 6.45) is 0.967. The molecule has 0 aromatic heterocycles. The summed E-state index contributed by atoms with van der Waals surface area (Å²) < 4.78 is 25.9. The molecule has 3 aliphatic rings. The molecule has 148 valence electrons. The molecule has 1 aliphatic carbocycles. The maximum Gasteiger partial charge on any atom is 0.183 e. The highest BCUT2D eigenvalue weighted by Gasteiger charge is 2.40. The van der Waals surface area contributed by atoms with E-state index < -0.39 is 21.5 Å². The molecule has 2 aliphatic heterocycles. The Morgan fingerprint density at radius 2 is 1.71 bits per heavy atom. The molecular weight excluding hydrogens is 416 g/mol. The van der Waals surface area contributed by atoms with Crippen molar-refractivity contribution in [3.05, 3.63) is 33.2 Å². The van der Waals surface area contributed by atoms with Crippen LogP contribution < -0.4 is 0 Å². The van der Waals surface area contributed by atoms with E-state index in [0.717, 1.165) is 21.3 Å². The summed E-state index contributed by atoms with van der Waals surface area (Å²) in [6, 6.07) is 1.55. The quantitative estimate of drug-likeness (QED) is 0.519. The number of Topliss-reactive ketones (excluding diaryl/α,β-unsaturated/α-hetero) is 3. The zero-order valence-electron chi connectivity index (χ0n) is 15.7. The lowest BCUT2D eigenvalue weighted by molar-refractivity contribution is -0.133. The van der Waals surface area contributed by atoms with E-state index in [2.05, 4.69) is 0 Å². The molecule has 0 saturated heterocycles. The van der Waals surface area contributed by atoms with Crippen molar-refractivity contribution < 1.29 is 22.8 Å². The number of carbonyl (C=O) groups is 3. The van der Waals surface area contributed by atoms with E-state index >= 15 is 0 Å². The molecule has 0 N–H and O–H groups in total. The molecule has 0 atom stereocenters. The molecular formula is C20H20O5S3. The Morgan fingerprint density at radius 1 is 1.07 bits per heavy atom. The number of ketones is 3. The fraction of sp³-hybridized carbons (Fsp3) is 0.450. The molecule has 5 nitrogen and oxygen atoms in total. The van der Waals surface area contributed by atoms with Crippen LogP contribution in [0.4, 0.5) is 0 Å². The van der Waals surface area contributed by atoms with E-state index in [1.807, 2.05) is 0 Å². The number of hydrogen-bond donors (Lipinski definition) is 0. The molecule has 28 heavy (non-hydrogen) atoms. The Kier molecular flexibility index (Phi) is 5.08. The van der Waals surface area contributed by atoms with Crippen LogP contribution in [0.25, 0.3) is 4.91 Å². The first-order valence-corrected chi connectivity index (χ1v) is 12.8. The summed E-state index contributed by atoms with van der Waals surface area (Å²) in [5.41, 5.74) is 1.95. The number of fused-ring (bicyclic) bond motifs is 2. The van der Waals surface area contributed by atoms with E-state index in [1.165, 1.54) is 0 Å². The molecule has 0 bridgehead atoms. The number of rotatable bonds is 2. The topological polar surface area (TPSA) is 85.3 Å². The van der Waals surface area contributed by atoms with Gasteiger partial charge in [-0.2, -0.15) is 0 Å². The lowest BCUT2D eigenvalue weighted by Gasteiger charge is -2.30. The molecule has 8 heteroatoms. The van der Waals surface area contributed by atoms with Crippen molar-refractivity contribution in [3.8, 4) is 0 Å². The molecule has 1 saturated carbocycles. The maximum absolute atomic E-state index is 13.2. The third kappa shape index (κ3) is 3.09. The Labute approximate surface area is 172 Å². The Morgan fingerprint density at radius 3 is 2.39 bits per heavy atom. The van der Waals surface area contributed by atoms with E-state index in [-0.39, 0.29) is 35.1 Å². The highest BCUT2D eigenvalue weighted by atomic mass is 32.2. The van der Waals surface area contributed by atoms with Gasteiger partial charge in [-0.1, -0.05) is 0 Å². The van der Waals surface area contributed by atoms with Gasteiger partial charge < -0.3 is 0 Å². The fourth-order valence-electron chi connectivity index (χ4n) is 4.19. The van der Waals surface area contributed by atoms with Crippen LogP contribution in [-0.4, -0.2) is 43.0 Å². The summed E-state index contributed by atoms with van der Waals surface area (Å²) in [5, 5.41) is 0. The van der Waals surface area contributed by atoms with Crippen molar-refractivity contribution in [1.29, 1.82) is 0 Å². The number of thioether (sulfide) groups is 2. The van der Waals surface area contributed by atoms with Gasteiger partial charge in [0.05, 0.1) is 10.6 Å². The van der Waals surface area contributed by atoms with E-state index in [1.54, 1.807) is 43.4 Å². The fourth-order valence-corrected chi connectivity index (χ4v) is 9.23. The van der Waals surface area contributed by atoms with Gasteiger partial charge in [-0.25, -0.2) is 8.42 Å². The van der Waals surface area contributed by atoms with Crippen LogP contribution in [0.1, 0.15) is 46.3 Å². The summed E-state index contributed by atoms with van der Waals surface area (Å²) in [7, 11) is -3.49. The molecule has 4 rings (SSSR count). The second-order valence-electron chi connectivity index (χ2n) is 7.36. The van der Waals surface area contributed by atoms with E-state index in [0.29, 0.717) is 28.7 Å². The number of benzene rings is 1. The van der Waals surface area contributed by atoms with Gasteiger partial charge in [0.15, 0.2) is 27.2 Å². The second-order valence-corrected chi connectivity index (χ2v) is 11.6. The first-order chi connectivity index (χ1) is 13.2. The van der Waals surface area contributed by atoms with Gasteiger partial charge >= 0.3 is 0 Å². The Bertz CT molecular complexity index is 1050. The van der Waals surface area contributed by atoms with Crippen LogP contribution in [0.2, 0.25) is 0 Å². The average Bonchev–Trinajstić information content (AvgIpc) is 2.62. The molecule has 1 fully saturated rings. The lowest BCUT2D eigenvalue weighted by atomic mass is 9.80. The van der Waals surface area contributed by atoms with Gasteiger partial charge in [-0.05, 0) is 37.5 Å². The normalized spacial score (nSPS) is 22.1. The number of hydrogen-bond acceptors (Lipinski definition) is 7. The monoisotopic (exact) mass is 436 g/mol. The Balaban J connectivity index is 1.93. The van der Waals surface area contributed by atoms with Gasteiger partial charge in [0, 0.05) is 45.3 Å². The van der Waals surface area contributed by atoms with Crippen LogP contribution in [0.5, 0.6) is 0 Å². The third-order valence-corrected chi connectivity index (χ3v) is 10.1. The minimum absolute atomic E-state index is 0.000169. The average molecular weight is 437 g/mol.